The van der Waals surface area contributed by atoms with Crippen molar-refractivity contribution in [2.45, 2.75) is 0 Å². The average Bonchev–Trinajstić information content (AvgIpc) is 3.77. The fourth-order valence-electron chi connectivity index (χ4n) is 11.3. The lowest BCUT2D eigenvalue weighted by molar-refractivity contribution is 1.20. The maximum absolute atomic E-state index is 2.88. The van der Waals surface area contributed by atoms with Gasteiger partial charge in [-0.15, -0.1) is 0 Å². The molecule has 12 aromatic carbocycles. The molecule has 1 heterocycles. The molecule has 0 aliphatic rings. The standard InChI is InChI=1S/C66H46N2Si/c1-4-25-52(26-5-1)69(53-27-6-2-7-28-53,54-29-8-3-9-30-54)55-31-19-24-51(46-55)67(50-43-41-48(42-44-50)57-37-18-23-47-21-10-12-32-56(47)57)63-39-20-40-64-66(63)61-36-16-17-38-62(61)68(64)65-45-49-22-11-13-33-58(49)59-34-14-15-35-60(59)65/h1-46H. The van der Waals surface area contributed by atoms with Crippen LogP contribution in [0.2, 0.25) is 0 Å². The van der Waals surface area contributed by atoms with Gasteiger partial charge in [-0.25, -0.2) is 0 Å². The van der Waals surface area contributed by atoms with E-state index in [1.165, 1.54) is 86.2 Å². The van der Waals surface area contributed by atoms with Crippen LogP contribution in [0.3, 0.4) is 0 Å². The second-order valence-electron chi connectivity index (χ2n) is 18.0. The molecule has 324 valence electrons. The molecular weight excluding hydrogens is 849 g/mol. The number of hydrogen-bond acceptors (Lipinski definition) is 1. The van der Waals surface area contributed by atoms with Crippen LogP contribution in [-0.4, -0.2) is 12.6 Å². The van der Waals surface area contributed by atoms with E-state index >= 15 is 0 Å². The zero-order valence-corrected chi connectivity index (χ0v) is 39.0. The summed E-state index contributed by atoms with van der Waals surface area (Å²) in [6, 6.07) is 103. The summed E-state index contributed by atoms with van der Waals surface area (Å²) in [5.74, 6) is 0. The van der Waals surface area contributed by atoms with E-state index in [-0.39, 0.29) is 0 Å². The quantitative estimate of drug-likeness (QED) is 0.0796. The number of aromatic nitrogens is 1. The Morgan fingerprint density at radius 2 is 0.812 bits per heavy atom. The van der Waals surface area contributed by atoms with Crippen LogP contribution in [0.4, 0.5) is 17.1 Å². The maximum Gasteiger partial charge on any atom is 0.179 e. The van der Waals surface area contributed by atoms with E-state index in [2.05, 4.69) is 289 Å². The lowest BCUT2D eigenvalue weighted by atomic mass is 9.98. The van der Waals surface area contributed by atoms with Crippen LogP contribution in [0.1, 0.15) is 0 Å². The van der Waals surface area contributed by atoms with Crippen molar-refractivity contribution in [3.63, 3.8) is 0 Å². The Hall–Kier alpha value is -8.76. The molecule has 0 aliphatic carbocycles. The first-order valence-electron chi connectivity index (χ1n) is 23.8. The highest BCUT2D eigenvalue weighted by Crippen LogP contribution is 2.45. The van der Waals surface area contributed by atoms with Crippen LogP contribution >= 0.6 is 0 Å². The Kier molecular flexibility index (Phi) is 9.88. The molecule has 0 spiro atoms. The summed E-state index contributed by atoms with van der Waals surface area (Å²) in [4.78, 5) is 2.51. The van der Waals surface area contributed by atoms with Gasteiger partial charge in [0.15, 0.2) is 8.07 Å². The molecule has 0 fully saturated rings. The molecule has 0 unspecified atom stereocenters. The van der Waals surface area contributed by atoms with Crippen molar-refractivity contribution in [3.05, 3.63) is 279 Å². The van der Waals surface area contributed by atoms with Gasteiger partial charge in [0.1, 0.15) is 0 Å². The third kappa shape index (κ3) is 6.62. The zero-order chi connectivity index (χ0) is 45.7. The van der Waals surface area contributed by atoms with Gasteiger partial charge in [-0.1, -0.05) is 231 Å². The van der Waals surface area contributed by atoms with Crippen LogP contribution < -0.4 is 25.6 Å². The van der Waals surface area contributed by atoms with Gasteiger partial charge in [-0.3, -0.25) is 0 Å². The molecule has 2 nitrogen and oxygen atoms in total. The Balaban J connectivity index is 1.09. The molecule has 0 amide bonds. The summed E-state index contributed by atoms with van der Waals surface area (Å²) in [6.45, 7) is 0. The van der Waals surface area contributed by atoms with Gasteiger partial charge in [-0.2, -0.15) is 0 Å². The van der Waals surface area contributed by atoms with Crippen LogP contribution in [0.15, 0.2) is 279 Å². The molecule has 0 radical (unpaired) electrons. The topological polar surface area (TPSA) is 8.17 Å². The lowest BCUT2D eigenvalue weighted by Crippen LogP contribution is -2.74. The molecule has 0 bridgehead atoms. The number of benzene rings is 12. The predicted octanol–water partition coefficient (Wildman–Crippen LogP) is 14.8. The fourth-order valence-corrected chi connectivity index (χ4v) is 16.1. The van der Waals surface area contributed by atoms with E-state index in [1.807, 2.05) is 0 Å². The van der Waals surface area contributed by atoms with Crippen molar-refractivity contribution in [2.75, 3.05) is 4.90 Å². The summed E-state index contributed by atoms with van der Waals surface area (Å²) in [5, 5.41) is 15.2. The first kappa shape index (κ1) is 40.5. The van der Waals surface area contributed by atoms with Gasteiger partial charge >= 0.3 is 0 Å². The maximum atomic E-state index is 2.51. The van der Waals surface area contributed by atoms with Crippen molar-refractivity contribution < 1.29 is 0 Å². The molecule has 69 heavy (non-hydrogen) atoms. The summed E-state index contributed by atoms with van der Waals surface area (Å²) in [7, 11) is -2.88. The predicted molar refractivity (Wildman–Crippen MR) is 297 cm³/mol. The number of para-hydroxylation sites is 1. The van der Waals surface area contributed by atoms with Gasteiger partial charge in [-0.05, 0) is 107 Å². The van der Waals surface area contributed by atoms with E-state index in [0.29, 0.717) is 0 Å². The van der Waals surface area contributed by atoms with E-state index in [4.69, 9.17) is 0 Å². The Morgan fingerprint density at radius 3 is 1.51 bits per heavy atom. The number of nitrogens with zero attached hydrogens (tertiary/aromatic N) is 2. The Labute approximate surface area is 403 Å². The van der Waals surface area contributed by atoms with Crippen molar-refractivity contribution in [1.29, 1.82) is 0 Å². The zero-order valence-electron chi connectivity index (χ0n) is 38.0. The molecule has 0 N–H and O–H groups in total. The first-order chi connectivity index (χ1) is 34.3. The van der Waals surface area contributed by atoms with E-state index in [1.54, 1.807) is 0 Å². The number of anilines is 3. The van der Waals surface area contributed by atoms with Crippen LogP contribution in [0, 0.1) is 0 Å². The van der Waals surface area contributed by atoms with Gasteiger partial charge in [0.25, 0.3) is 0 Å². The molecule has 3 heteroatoms. The average molecular weight is 895 g/mol. The van der Waals surface area contributed by atoms with Crippen molar-refractivity contribution in [3.8, 4) is 16.8 Å². The molecular formula is C66H46N2Si. The Morgan fingerprint density at radius 1 is 0.304 bits per heavy atom. The Bertz CT molecular complexity index is 3910. The van der Waals surface area contributed by atoms with Gasteiger partial charge in [0.2, 0.25) is 0 Å². The highest BCUT2D eigenvalue weighted by molar-refractivity contribution is 7.19. The number of fused-ring (bicyclic) bond motifs is 7. The van der Waals surface area contributed by atoms with Crippen LogP contribution in [0.25, 0.3) is 70.9 Å². The van der Waals surface area contributed by atoms with E-state index in [9.17, 15) is 0 Å². The summed E-state index contributed by atoms with van der Waals surface area (Å²) >= 11 is 0. The molecule has 1 aromatic heterocycles. The highest BCUT2D eigenvalue weighted by atomic mass is 28.3. The second kappa shape index (κ2) is 16.8. The highest BCUT2D eigenvalue weighted by Gasteiger charge is 2.41. The number of hydrogen-bond donors (Lipinski definition) is 0. The van der Waals surface area contributed by atoms with E-state index < -0.39 is 8.07 Å². The van der Waals surface area contributed by atoms with Crippen molar-refractivity contribution >= 4 is 100 Å². The monoisotopic (exact) mass is 894 g/mol. The minimum absolute atomic E-state index is 1.09. The number of rotatable bonds is 9. The van der Waals surface area contributed by atoms with Gasteiger partial charge in [0.05, 0.1) is 22.4 Å². The first-order valence-corrected chi connectivity index (χ1v) is 25.8. The molecule has 0 saturated heterocycles. The largest absolute Gasteiger partial charge is 0.310 e. The SMILES string of the molecule is c1ccc([Si](c2ccccc2)(c2ccccc2)c2cccc(N(c3ccc(-c4cccc5ccccc45)cc3)c3cccc4c3c3ccccc3n4-c3cc4ccccc4c4ccccc34)c2)cc1. The molecule has 0 saturated carbocycles. The van der Waals surface area contributed by atoms with E-state index in [0.717, 1.165) is 22.6 Å². The van der Waals surface area contributed by atoms with Crippen LogP contribution in [0.5, 0.6) is 0 Å². The third-order valence-electron chi connectivity index (χ3n) is 14.3. The molecule has 13 rings (SSSR count). The summed E-state index contributed by atoms with van der Waals surface area (Å²) in [5.41, 5.74) is 9.22. The molecule has 0 aliphatic heterocycles. The minimum atomic E-state index is -2.88. The molecule has 13 aromatic rings. The lowest BCUT2D eigenvalue weighted by Gasteiger charge is -2.35. The van der Waals surface area contributed by atoms with Crippen LogP contribution in [-0.2, 0) is 0 Å². The summed E-state index contributed by atoms with van der Waals surface area (Å²) < 4.78 is 2.50. The second-order valence-corrected chi connectivity index (χ2v) is 21.8. The van der Waals surface area contributed by atoms with Crippen molar-refractivity contribution in [2.24, 2.45) is 0 Å². The van der Waals surface area contributed by atoms with Gasteiger partial charge in [0, 0.05) is 27.5 Å². The smallest absolute Gasteiger partial charge is 0.179 e. The summed E-state index contributed by atoms with van der Waals surface area (Å²) in [6.07, 6.45) is 0. The van der Waals surface area contributed by atoms with Crippen molar-refractivity contribution in [1.82, 2.24) is 4.57 Å². The third-order valence-corrected chi connectivity index (χ3v) is 19.1. The fraction of sp³-hybridized carbons (Fsp3) is 0. The normalized spacial score (nSPS) is 11.8. The van der Waals surface area contributed by atoms with Gasteiger partial charge < -0.3 is 9.47 Å². The molecule has 0 atom stereocenters. The minimum Gasteiger partial charge on any atom is -0.310 e.